The van der Waals surface area contributed by atoms with Crippen LogP contribution < -0.4 is 4.74 Å². The standard InChI is InChI=1S/C29H25N5O3/c35-28(36)11-5-6-16-37-27-15-13-20(21-7-1-2-9-23(21)27)18-34-25-10-4-3-8-22(25)24-17-19(12-14-26(24)34)29-30-32-33-31-29/h1-4,7-10,12-15,17H,5-6,11,16,18H2,(H,35,36)(H,30,31,32,33). The number of H-pyrrole nitrogens is 1. The molecule has 8 heteroatoms. The number of unbranched alkanes of at least 4 members (excludes halogenated alkanes) is 1. The molecular weight excluding hydrogens is 466 g/mol. The van der Waals surface area contributed by atoms with Gasteiger partial charge in [0.25, 0.3) is 0 Å². The van der Waals surface area contributed by atoms with Crippen LogP contribution in [0.1, 0.15) is 24.8 Å². The van der Waals surface area contributed by atoms with Gasteiger partial charge in [-0.05, 0) is 59.3 Å². The zero-order valence-corrected chi connectivity index (χ0v) is 20.1. The minimum absolute atomic E-state index is 0.165. The summed E-state index contributed by atoms with van der Waals surface area (Å²) in [7, 11) is 0. The van der Waals surface area contributed by atoms with E-state index in [1.54, 1.807) is 0 Å². The topological polar surface area (TPSA) is 106 Å². The molecule has 8 nitrogen and oxygen atoms in total. The van der Waals surface area contributed by atoms with E-state index in [1.807, 2.05) is 24.3 Å². The van der Waals surface area contributed by atoms with Gasteiger partial charge in [0, 0.05) is 45.7 Å². The number of carboxylic acid groups (broad SMARTS) is 1. The summed E-state index contributed by atoms with van der Waals surface area (Å²) in [6.45, 7) is 1.19. The number of rotatable bonds is 9. The molecule has 2 aromatic heterocycles. The first-order chi connectivity index (χ1) is 18.2. The zero-order chi connectivity index (χ0) is 25.2. The van der Waals surface area contributed by atoms with Gasteiger partial charge >= 0.3 is 5.97 Å². The molecule has 0 bridgehead atoms. The second-order valence-electron chi connectivity index (χ2n) is 9.04. The number of carboxylic acids is 1. The molecule has 0 unspecified atom stereocenters. The number of ether oxygens (including phenoxy) is 1. The number of hydrogen-bond acceptors (Lipinski definition) is 5. The van der Waals surface area contributed by atoms with Crippen LogP contribution in [0.25, 0.3) is 44.0 Å². The number of para-hydroxylation sites is 1. The Labute approximate surface area is 212 Å². The summed E-state index contributed by atoms with van der Waals surface area (Å²) in [4.78, 5) is 10.8. The minimum Gasteiger partial charge on any atom is -0.493 e. The second-order valence-corrected chi connectivity index (χ2v) is 9.04. The number of aromatic nitrogens is 5. The maximum Gasteiger partial charge on any atom is 0.303 e. The molecule has 4 aromatic carbocycles. The molecular formula is C29H25N5O3. The van der Waals surface area contributed by atoms with E-state index in [1.165, 1.54) is 10.9 Å². The molecule has 37 heavy (non-hydrogen) atoms. The molecule has 0 amide bonds. The molecule has 2 heterocycles. The number of hydrogen-bond donors (Lipinski definition) is 2. The minimum atomic E-state index is -0.772. The second kappa shape index (κ2) is 9.73. The molecule has 0 spiro atoms. The van der Waals surface area contributed by atoms with Crippen molar-refractivity contribution in [2.45, 2.75) is 25.8 Å². The molecule has 0 aliphatic rings. The maximum atomic E-state index is 10.8. The van der Waals surface area contributed by atoms with Crippen molar-refractivity contribution in [1.82, 2.24) is 25.2 Å². The highest BCUT2D eigenvalue weighted by atomic mass is 16.5. The van der Waals surface area contributed by atoms with Gasteiger partial charge < -0.3 is 14.4 Å². The Morgan fingerprint density at radius 3 is 2.46 bits per heavy atom. The van der Waals surface area contributed by atoms with Gasteiger partial charge in [0.1, 0.15) is 5.75 Å². The van der Waals surface area contributed by atoms with Crippen molar-refractivity contribution < 1.29 is 14.6 Å². The van der Waals surface area contributed by atoms with E-state index in [0.717, 1.165) is 38.5 Å². The van der Waals surface area contributed by atoms with Crippen LogP contribution in [-0.4, -0.2) is 42.9 Å². The number of carbonyl (C=O) groups is 1. The summed E-state index contributed by atoms with van der Waals surface area (Å²) in [6, 6.07) is 27.1. The first-order valence-corrected chi connectivity index (χ1v) is 12.3. The Morgan fingerprint density at radius 2 is 1.65 bits per heavy atom. The molecule has 0 aliphatic heterocycles. The van der Waals surface area contributed by atoms with E-state index >= 15 is 0 Å². The van der Waals surface area contributed by atoms with Crippen LogP contribution >= 0.6 is 0 Å². The molecule has 0 aliphatic carbocycles. The fourth-order valence-corrected chi connectivity index (χ4v) is 4.98. The van der Waals surface area contributed by atoms with E-state index in [9.17, 15) is 4.79 Å². The van der Waals surface area contributed by atoms with Crippen molar-refractivity contribution in [3.8, 4) is 17.1 Å². The predicted octanol–water partition coefficient (Wildman–Crippen LogP) is 5.81. The Morgan fingerprint density at radius 1 is 0.865 bits per heavy atom. The predicted molar refractivity (Wildman–Crippen MR) is 143 cm³/mol. The molecule has 0 fully saturated rings. The van der Waals surface area contributed by atoms with Crippen molar-refractivity contribution in [3.63, 3.8) is 0 Å². The molecule has 0 atom stereocenters. The van der Waals surface area contributed by atoms with Gasteiger partial charge in [-0.25, -0.2) is 0 Å². The smallest absolute Gasteiger partial charge is 0.303 e. The van der Waals surface area contributed by atoms with Gasteiger partial charge in [0.05, 0.1) is 6.61 Å². The van der Waals surface area contributed by atoms with Crippen LogP contribution in [-0.2, 0) is 11.3 Å². The summed E-state index contributed by atoms with van der Waals surface area (Å²) in [5, 5.41) is 27.9. The fraction of sp³-hybridized carbons (Fsp3) is 0.172. The van der Waals surface area contributed by atoms with Crippen LogP contribution in [0.4, 0.5) is 0 Å². The van der Waals surface area contributed by atoms with Crippen LogP contribution in [0.15, 0.2) is 78.9 Å². The molecule has 0 saturated heterocycles. The van der Waals surface area contributed by atoms with Gasteiger partial charge in [0.15, 0.2) is 0 Å². The van der Waals surface area contributed by atoms with Gasteiger partial charge in [-0.15, -0.1) is 10.2 Å². The van der Waals surface area contributed by atoms with Crippen LogP contribution in [0.2, 0.25) is 0 Å². The first kappa shape index (κ1) is 22.7. The van der Waals surface area contributed by atoms with E-state index in [0.29, 0.717) is 31.8 Å². The lowest BCUT2D eigenvalue weighted by molar-refractivity contribution is -0.137. The lowest BCUT2D eigenvalue weighted by atomic mass is 10.0. The van der Waals surface area contributed by atoms with Gasteiger partial charge in [0.2, 0.25) is 5.82 Å². The van der Waals surface area contributed by atoms with E-state index in [4.69, 9.17) is 9.84 Å². The molecule has 2 N–H and O–H groups in total. The number of aliphatic carboxylic acids is 1. The van der Waals surface area contributed by atoms with Crippen LogP contribution in [0.5, 0.6) is 5.75 Å². The number of tetrazole rings is 1. The first-order valence-electron chi connectivity index (χ1n) is 12.3. The van der Waals surface area contributed by atoms with Crippen molar-refractivity contribution in [2.24, 2.45) is 0 Å². The fourth-order valence-electron chi connectivity index (χ4n) is 4.98. The van der Waals surface area contributed by atoms with E-state index in [2.05, 4.69) is 79.8 Å². The number of nitrogens with zero attached hydrogens (tertiary/aromatic N) is 4. The number of aromatic amines is 1. The summed E-state index contributed by atoms with van der Waals surface area (Å²) in [6.07, 6.45) is 1.47. The third-order valence-corrected chi connectivity index (χ3v) is 6.72. The van der Waals surface area contributed by atoms with Gasteiger partial charge in [-0.2, -0.15) is 5.21 Å². The van der Waals surface area contributed by atoms with E-state index < -0.39 is 5.97 Å². The lowest BCUT2D eigenvalue weighted by Crippen LogP contribution is -2.03. The number of benzene rings is 4. The van der Waals surface area contributed by atoms with E-state index in [-0.39, 0.29) is 6.42 Å². The maximum absolute atomic E-state index is 10.8. The van der Waals surface area contributed by atoms with Crippen molar-refractivity contribution in [3.05, 3.63) is 84.4 Å². The average Bonchev–Trinajstić information content (AvgIpc) is 3.57. The summed E-state index contributed by atoms with van der Waals surface area (Å²) < 4.78 is 8.41. The largest absolute Gasteiger partial charge is 0.493 e. The third-order valence-electron chi connectivity index (χ3n) is 6.72. The highest BCUT2D eigenvalue weighted by Crippen LogP contribution is 2.34. The molecule has 0 radical (unpaired) electrons. The van der Waals surface area contributed by atoms with Gasteiger partial charge in [-0.1, -0.05) is 48.5 Å². The average molecular weight is 492 g/mol. The quantitative estimate of drug-likeness (QED) is 0.247. The third kappa shape index (κ3) is 4.38. The molecule has 184 valence electrons. The molecule has 6 rings (SSSR count). The van der Waals surface area contributed by atoms with Crippen LogP contribution in [0, 0.1) is 0 Å². The van der Waals surface area contributed by atoms with Crippen molar-refractivity contribution >= 4 is 38.5 Å². The Balaban J connectivity index is 1.37. The monoisotopic (exact) mass is 491 g/mol. The molecule has 6 aromatic rings. The number of nitrogens with one attached hydrogen (secondary N) is 1. The van der Waals surface area contributed by atoms with Crippen molar-refractivity contribution in [1.29, 1.82) is 0 Å². The summed E-state index contributed by atoms with van der Waals surface area (Å²) in [5.41, 5.74) is 4.40. The molecule has 0 saturated carbocycles. The number of fused-ring (bicyclic) bond motifs is 4. The Hall–Kier alpha value is -4.72. The summed E-state index contributed by atoms with van der Waals surface area (Å²) in [5.74, 6) is 0.621. The highest BCUT2D eigenvalue weighted by molar-refractivity contribution is 6.09. The Bertz CT molecular complexity index is 1720. The highest BCUT2D eigenvalue weighted by Gasteiger charge is 2.15. The van der Waals surface area contributed by atoms with Crippen LogP contribution in [0.3, 0.4) is 0 Å². The zero-order valence-electron chi connectivity index (χ0n) is 20.1. The normalized spacial score (nSPS) is 11.5. The van der Waals surface area contributed by atoms with Gasteiger partial charge in [-0.3, -0.25) is 4.79 Å². The summed E-state index contributed by atoms with van der Waals surface area (Å²) >= 11 is 0. The Kier molecular flexibility index (Phi) is 5.98. The lowest BCUT2D eigenvalue weighted by Gasteiger charge is -2.14. The van der Waals surface area contributed by atoms with Crippen molar-refractivity contribution in [2.75, 3.05) is 6.61 Å². The SMILES string of the molecule is O=C(O)CCCCOc1ccc(Cn2c3ccccc3c3cc(-c4nn[nH]n4)ccc32)c2ccccc12.